The Bertz CT molecular complexity index is 557. The summed E-state index contributed by atoms with van der Waals surface area (Å²) in [4.78, 5) is 4.21. The molecule has 0 aromatic carbocycles. The van der Waals surface area contributed by atoms with Crippen LogP contribution in [0.25, 0.3) is 0 Å². The van der Waals surface area contributed by atoms with Crippen LogP contribution >= 0.6 is 0 Å². The van der Waals surface area contributed by atoms with E-state index in [0.717, 1.165) is 24.2 Å². The van der Waals surface area contributed by atoms with Gasteiger partial charge in [0.1, 0.15) is 5.82 Å². The number of sulfonamides is 1. The van der Waals surface area contributed by atoms with Crippen LogP contribution in [-0.2, 0) is 10.0 Å². The van der Waals surface area contributed by atoms with Gasteiger partial charge in [-0.15, -0.1) is 0 Å². The molecule has 1 atom stereocenters. The van der Waals surface area contributed by atoms with E-state index in [4.69, 9.17) is 0 Å². The van der Waals surface area contributed by atoms with Gasteiger partial charge in [-0.3, -0.25) is 0 Å². The van der Waals surface area contributed by atoms with Crippen LogP contribution in [0.1, 0.15) is 38.2 Å². The molecule has 0 amide bonds. The van der Waals surface area contributed by atoms with E-state index >= 15 is 0 Å². The largest absolute Gasteiger partial charge is 0.373 e. The minimum atomic E-state index is -3.15. The van der Waals surface area contributed by atoms with Crippen molar-refractivity contribution >= 4 is 15.8 Å². The fraction of sp³-hybridized carbons (Fsp3) is 0.643. The SMILES string of the molecule is CNc1cc([C@H]2CCCN(S(=O)(=O)C(C)C)C2)ccn1. The molecule has 1 aliphatic heterocycles. The highest BCUT2D eigenvalue weighted by Crippen LogP contribution is 2.29. The summed E-state index contributed by atoms with van der Waals surface area (Å²) in [6, 6.07) is 3.99. The quantitative estimate of drug-likeness (QED) is 0.924. The number of hydrogen-bond donors (Lipinski definition) is 1. The van der Waals surface area contributed by atoms with Crippen LogP contribution in [0.3, 0.4) is 0 Å². The number of rotatable bonds is 4. The van der Waals surface area contributed by atoms with Gasteiger partial charge in [0.2, 0.25) is 10.0 Å². The van der Waals surface area contributed by atoms with Crippen LogP contribution < -0.4 is 5.32 Å². The molecule has 1 aliphatic rings. The Morgan fingerprint density at radius 1 is 1.45 bits per heavy atom. The Morgan fingerprint density at radius 2 is 2.20 bits per heavy atom. The standard InChI is InChI=1S/C14H23N3O2S/c1-11(2)20(18,19)17-8-4-5-13(10-17)12-6-7-16-14(9-12)15-3/h6-7,9,11,13H,4-5,8,10H2,1-3H3,(H,15,16)/t13-/m0/s1. The molecule has 0 spiro atoms. The van der Waals surface area contributed by atoms with Crippen molar-refractivity contribution < 1.29 is 8.42 Å². The van der Waals surface area contributed by atoms with Gasteiger partial charge in [0.15, 0.2) is 0 Å². The number of anilines is 1. The third kappa shape index (κ3) is 3.12. The second-order valence-electron chi connectivity index (χ2n) is 5.52. The van der Waals surface area contributed by atoms with Crippen LogP contribution in [0.2, 0.25) is 0 Å². The van der Waals surface area contributed by atoms with Crippen molar-refractivity contribution in [3.05, 3.63) is 23.9 Å². The first kappa shape index (κ1) is 15.3. The normalized spacial score (nSPS) is 21.1. The van der Waals surface area contributed by atoms with Gasteiger partial charge in [0.25, 0.3) is 0 Å². The van der Waals surface area contributed by atoms with Crippen LogP contribution in [0.5, 0.6) is 0 Å². The Morgan fingerprint density at radius 3 is 2.85 bits per heavy atom. The average molecular weight is 297 g/mol. The summed E-state index contributed by atoms with van der Waals surface area (Å²) in [5, 5.41) is 2.67. The highest BCUT2D eigenvalue weighted by atomic mass is 32.2. The van der Waals surface area contributed by atoms with Crippen molar-refractivity contribution in [2.75, 3.05) is 25.5 Å². The molecule has 6 heteroatoms. The predicted molar refractivity (Wildman–Crippen MR) is 81.4 cm³/mol. The first-order valence-electron chi connectivity index (χ1n) is 7.08. The maximum Gasteiger partial charge on any atom is 0.216 e. The molecular weight excluding hydrogens is 274 g/mol. The zero-order valence-corrected chi connectivity index (χ0v) is 13.2. The minimum Gasteiger partial charge on any atom is -0.373 e. The molecule has 0 aliphatic carbocycles. The third-order valence-corrected chi connectivity index (χ3v) is 6.09. The molecule has 0 bridgehead atoms. The lowest BCUT2D eigenvalue weighted by Gasteiger charge is -2.33. The van der Waals surface area contributed by atoms with E-state index in [1.807, 2.05) is 19.2 Å². The third-order valence-electron chi connectivity index (χ3n) is 3.85. The van der Waals surface area contributed by atoms with E-state index in [-0.39, 0.29) is 11.2 Å². The Kier molecular flexibility index (Phi) is 4.65. The lowest BCUT2D eigenvalue weighted by Crippen LogP contribution is -2.42. The number of aromatic nitrogens is 1. The zero-order valence-electron chi connectivity index (χ0n) is 12.3. The summed E-state index contributed by atoms with van der Waals surface area (Å²) >= 11 is 0. The summed E-state index contributed by atoms with van der Waals surface area (Å²) in [7, 11) is -1.32. The minimum absolute atomic E-state index is 0.257. The Balaban J connectivity index is 2.18. The van der Waals surface area contributed by atoms with Crippen LogP contribution in [-0.4, -0.2) is 43.1 Å². The number of pyridine rings is 1. The molecular formula is C14H23N3O2S. The molecule has 112 valence electrons. The molecule has 20 heavy (non-hydrogen) atoms. The lowest BCUT2D eigenvalue weighted by atomic mass is 9.92. The summed E-state index contributed by atoms with van der Waals surface area (Å²) in [6.07, 6.45) is 3.71. The van der Waals surface area contributed by atoms with Gasteiger partial charge in [-0.1, -0.05) is 0 Å². The molecule has 0 unspecified atom stereocenters. The van der Waals surface area contributed by atoms with Crippen molar-refractivity contribution in [3.63, 3.8) is 0 Å². The van der Waals surface area contributed by atoms with Crippen LogP contribution in [0, 0.1) is 0 Å². The average Bonchev–Trinajstić information content (AvgIpc) is 2.47. The molecule has 2 rings (SSSR count). The first-order valence-corrected chi connectivity index (χ1v) is 8.58. The predicted octanol–water partition coefficient (Wildman–Crippen LogP) is 2.04. The fourth-order valence-electron chi connectivity index (χ4n) is 2.58. The maximum absolute atomic E-state index is 12.3. The molecule has 1 aromatic heterocycles. The van der Waals surface area contributed by atoms with Gasteiger partial charge in [0, 0.05) is 26.3 Å². The summed E-state index contributed by atoms with van der Waals surface area (Å²) < 4.78 is 26.2. The topological polar surface area (TPSA) is 62.3 Å². The molecule has 0 saturated carbocycles. The number of piperidine rings is 1. The van der Waals surface area contributed by atoms with Gasteiger partial charge in [-0.25, -0.2) is 17.7 Å². The highest BCUT2D eigenvalue weighted by Gasteiger charge is 2.31. The molecule has 1 N–H and O–H groups in total. The van der Waals surface area contributed by atoms with E-state index in [1.165, 1.54) is 0 Å². The van der Waals surface area contributed by atoms with Crippen molar-refractivity contribution in [1.82, 2.24) is 9.29 Å². The van der Waals surface area contributed by atoms with Gasteiger partial charge in [-0.05, 0) is 50.3 Å². The second-order valence-corrected chi connectivity index (χ2v) is 8.00. The fourth-order valence-corrected chi connectivity index (χ4v) is 3.95. The maximum atomic E-state index is 12.3. The van der Waals surface area contributed by atoms with Gasteiger partial charge < -0.3 is 5.32 Å². The van der Waals surface area contributed by atoms with Crippen molar-refractivity contribution in [1.29, 1.82) is 0 Å². The molecule has 5 nitrogen and oxygen atoms in total. The molecule has 2 heterocycles. The zero-order chi connectivity index (χ0) is 14.8. The Hall–Kier alpha value is -1.14. The summed E-state index contributed by atoms with van der Waals surface area (Å²) in [6.45, 7) is 4.70. The van der Waals surface area contributed by atoms with Crippen molar-refractivity contribution in [2.45, 2.75) is 37.9 Å². The first-order chi connectivity index (χ1) is 9.45. The Labute approximate surface area is 121 Å². The number of nitrogens with one attached hydrogen (secondary N) is 1. The highest BCUT2D eigenvalue weighted by molar-refractivity contribution is 7.89. The lowest BCUT2D eigenvalue weighted by molar-refractivity contribution is 0.313. The van der Waals surface area contributed by atoms with E-state index in [9.17, 15) is 8.42 Å². The van der Waals surface area contributed by atoms with Crippen molar-refractivity contribution in [2.24, 2.45) is 0 Å². The molecule has 1 fully saturated rings. The number of hydrogen-bond acceptors (Lipinski definition) is 4. The van der Waals surface area contributed by atoms with Gasteiger partial charge >= 0.3 is 0 Å². The monoisotopic (exact) mass is 297 g/mol. The second kappa shape index (κ2) is 6.10. The molecule has 1 aromatic rings. The van der Waals surface area contributed by atoms with E-state index < -0.39 is 10.0 Å². The smallest absolute Gasteiger partial charge is 0.216 e. The van der Waals surface area contributed by atoms with Crippen LogP contribution in [0.15, 0.2) is 18.3 Å². The van der Waals surface area contributed by atoms with E-state index in [0.29, 0.717) is 13.1 Å². The van der Waals surface area contributed by atoms with E-state index in [2.05, 4.69) is 10.3 Å². The van der Waals surface area contributed by atoms with Crippen molar-refractivity contribution in [3.8, 4) is 0 Å². The molecule has 0 radical (unpaired) electrons. The van der Waals surface area contributed by atoms with Gasteiger partial charge in [0.05, 0.1) is 5.25 Å². The molecule has 1 saturated heterocycles. The summed E-state index contributed by atoms with van der Waals surface area (Å²) in [5.41, 5.74) is 1.16. The van der Waals surface area contributed by atoms with Crippen LogP contribution in [0.4, 0.5) is 5.82 Å². The number of nitrogens with zero attached hydrogens (tertiary/aromatic N) is 2. The van der Waals surface area contributed by atoms with E-state index in [1.54, 1.807) is 24.3 Å². The van der Waals surface area contributed by atoms with Gasteiger partial charge in [-0.2, -0.15) is 0 Å². The summed E-state index contributed by atoms with van der Waals surface area (Å²) in [5.74, 6) is 1.08.